The van der Waals surface area contributed by atoms with Gasteiger partial charge in [0.05, 0.1) is 7.11 Å². The van der Waals surface area contributed by atoms with Crippen LogP contribution in [-0.2, 0) is 32.1 Å². The number of ether oxygens (including phenoxy) is 1. The Kier molecular flexibility index (Phi) is 13.3. The standard InChI is InChI=1S/C33H47N3O5/c1-24(2)21-28(32(38)35-29(33(39)41-3)22-25-13-7-4-8-14-25)34-31(37)20-19-30(27-17-11-6-12-18-27)36(40)23-26-15-9-5-10-16-26/h4-5,7-10,13-16,24,27-30,40H,6,11-12,17-23H2,1-3H3,(H,34,37)(H,35,38)/t28-,29-,30?/m0/s1. The predicted octanol–water partition coefficient (Wildman–Crippen LogP) is 5.04. The number of methoxy groups -OCH3 is 1. The van der Waals surface area contributed by atoms with Gasteiger partial charge in [-0.3, -0.25) is 9.59 Å². The number of hydrogen-bond donors (Lipinski definition) is 3. The maximum Gasteiger partial charge on any atom is 0.328 e. The van der Waals surface area contributed by atoms with Crippen LogP contribution in [-0.4, -0.2) is 53.3 Å². The summed E-state index contributed by atoms with van der Waals surface area (Å²) in [7, 11) is 1.30. The van der Waals surface area contributed by atoms with Crippen molar-refractivity contribution in [2.45, 2.75) is 96.3 Å². The maximum atomic E-state index is 13.4. The third-order valence-electron chi connectivity index (χ3n) is 7.88. The molecule has 0 aromatic heterocycles. The van der Waals surface area contributed by atoms with Crippen molar-refractivity contribution in [1.29, 1.82) is 0 Å². The fourth-order valence-corrected chi connectivity index (χ4v) is 5.74. The van der Waals surface area contributed by atoms with Crippen molar-refractivity contribution in [3.05, 3.63) is 71.8 Å². The van der Waals surface area contributed by atoms with Crippen LogP contribution >= 0.6 is 0 Å². The predicted molar refractivity (Wildman–Crippen MR) is 159 cm³/mol. The smallest absolute Gasteiger partial charge is 0.328 e. The SMILES string of the molecule is COC(=O)[C@H](Cc1ccccc1)NC(=O)[C@H](CC(C)C)NC(=O)CCC(C1CCCCC1)N(O)Cc1ccccc1. The fraction of sp³-hybridized carbons (Fsp3) is 0.545. The third kappa shape index (κ3) is 10.9. The van der Waals surface area contributed by atoms with Crippen LogP contribution in [0.15, 0.2) is 60.7 Å². The van der Waals surface area contributed by atoms with Gasteiger partial charge in [0.25, 0.3) is 0 Å². The molecular formula is C33H47N3O5. The molecule has 8 nitrogen and oxygen atoms in total. The van der Waals surface area contributed by atoms with Crippen LogP contribution in [0.3, 0.4) is 0 Å². The zero-order valence-corrected chi connectivity index (χ0v) is 24.8. The van der Waals surface area contributed by atoms with Crippen molar-refractivity contribution < 1.29 is 24.3 Å². The molecule has 0 heterocycles. The molecule has 0 spiro atoms. The average Bonchev–Trinajstić information content (AvgIpc) is 2.97. The highest BCUT2D eigenvalue weighted by Crippen LogP contribution is 2.31. The monoisotopic (exact) mass is 565 g/mol. The molecule has 2 amide bonds. The van der Waals surface area contributed by atoms with Gasteiger partial charge >= 0.3 is 5.97 Å². The number of hydroxylamine groups is 2. The Balaban J connectivity index is 1.64. The van der Waals surface area contributed by atoms with E-state index in [4.69, 9.17) is 4.74 Å². The zero-order chi connectivity index (χ0) is 29.6. The highest BCUT2D eigenvalue weighted by Gasteiger charge is 2.31. The minimum atomic E-state index is -0.863. The minimum Gasteiger partial charge on any atom is -0.467 e. The topological polar surface area (TPSA) is 108 Å². The summed E-state index contributed by atoms with van der Waals surface area (Å²) in [6.45, 7) is 4.37. The van der Waals surface area contributed by atoms with Gasteiger partial charge in [-0.15, -0.1) is 0 Å². The normalized spacial score (nSPS) is 16.1. The second-order valence-electron chi connectivity index (χ2n) is 11.6. The molecule has 1 fully saturated rings. The quantitative estimate of drug-likeness (QED) is 0.206. The van der Waals surface area contributed by atoms with Crippen LogP contribution in [0.4, 0.5) is 0 Å². The van der Waals surface area contributed by atoms with Crippen molar-refractivity contribution in [3.8, 4) is 0 Å². The highest BCUT2D eigenvalue weighted by molar-refractivity contribution is 5.90. The van der Waals surface area contributed by atoms with E-state index in [1.807, 2.05) is 74.5 Å². The summed E-state index contributed by atoms with van der Waals surface area (Å²) in [4.78, 5) is 39.0. The van der Waals surface area contributed by atoms with Crippen molar-refractivity contribution in [3.63, 3.8) is 0 Å². The molecule has 1 aliphatic carbocycles. The molecule has 224 valence electrons. The molecule has 41 heavy (non-hydrogen) atoms. The molecule has 1 aliphatic rings. The van der Waals surface area contributed by atoms with Crippen LogP contribution in [0.2, 0.25) is 0 Å². The summed E-state index contributed by atoms with van der Waals surface area (Å²) in [5.41, 5.74) is 1.91. The van der Waals surface area contributed by atoms with E-state index in [9.17, 15) is 19.6 Å². The lowest BCUT2D eigenvalue weighted by atomic mass is 9.82. The number of benzene rings is 2. The molecule has 1 saturated carbocycles. The molecule has 0 aliphatic heterocycles. The van der Waals surface area contributed by atoms with Gasteiger partial charge < -0.3 is 20.6 Å². The lowest BCUT2D eigenvalue weighted by molar-refractivity contribution is -0.156. The molecule has 2 aromatic rings. The van der Waals surface area contributed by atoms with Gasteiger partial charge in [-0.25, -0.2) is 4.79 Å². The molecule has 2 aromatic carbocycles. The number of rotatable bonds is 15. The highest BCUT2D eigenvalue weighted by atomic mass is 16.5. The molecule has 3 N–H and O–H groups in total. The number of esters is 1. The van der Waals surface area contributed by atoms with Gasteiger partial charge in [-0.1, -0.05) is 93.8 Å². The van der Waals surface area contributed by atoms with Gasteiger partial charge in [-0.05, 0) is 48.6 Å². The molecular weight excluding hydrogens is 518 g/mol. The largest absolute Gasteiger partial charge is 0.467 e. The van der Waals surface area contributed by atoms with Crippen molar-refractivity contribution in [1.82, 2.24) is 15.7 Å². The van der Waals surface area contributed by atoms with Crippen LogP contribution in [0.25, 0.3) is 0 Å². The van der Waals surface area contributed by atoms with E-state index in [2.05, 4.69) is 10.6 Å². The van der Waals surface area contributed by atoms with Gasteiger partial charge in [0, 0.05) is 25.4 Å². The van der Waals surface area contributed by atoms with E-state index < -0.39 is 24.0 Å². The Hall–Kier alpha value is -3.23. The number of nitrogens with one attached hydrogen (secondary N) is 2. The second-order valence-corrected chi connectivity index (χ2v) is 11.6. The Labute approximate surface area is 244 Å². The molecule has 3 atom stereocenters. The van der Waals surface area contributed by atoms with Crippen LogP contribution in [0, 0.1) is 11.8 Å². The van der Waals surface area contributed by atoms with Gasteiger partial charge in [0.15, 0.2) is 0 Å². The van der Waals surface area contributed by atoms with E-state index in [1.54, 1.807) is 0 Å². The molecule has 0 saturated heterocycles. The summed E-state index contributed by atoms with van der Waals surface area (Å²) in [5, 5.41) is 18.2. The lowest BCUT2D eigenvalue weighted by Gasteiger charge is -2.35. The van der Waals surface area contributed by atoms with Crippen LogP contribution in [0.1, 0.15) is 76.3 Å². The van der Waals surface area contributed by atoms with Gasteiger partial charge in [-0.2, -0.15) is 5.06 Å². The van der Waals surface area contributed by atoms with Gasteiger partial charge in [0.2, 0.25) is 11.8 Å². The van der Waals surface area contributed by atoms with Gasteiger partial charge in [0.1, 0.15) is 12.1 Å². The van der Waals surface area contributed by atoms with E-state index in [0.717, 1.165) is 36.8 Å². The van der Waals surface area contributed by atoms with E-state index in [-0.39, 0.29) is 24.3 Å². The molecule has 8 heteroatoms. The van der Waals surface area contributed by atoms with Crippen LogP contribution < -0.4 is 10.6 Å². The Morgan fingerprint density at radius 2 is 1.51 bits per heavy atom. The zero-order valence-electron chi connectivity index (χ0n) is 24.8. The third-order valence-corrected chi connectivity index (χ3v) is 7.88. The molecule has 0 bridgehead atoms. The number of hydrogen-bond acceptors (Lipinski definition) is 6. The van der Waals surface area contributed by atoms with Crippen molar-refractivity contribution in [2.75, 3.05) is 7.11 Å². The first-order valence-electron chi connectivity index (χ1n) is 15.0. The minimum absolute atomic E-state index is 0.144. The average molecular weight is 566 g/mol. The lowest BCUT2D eigenvalue weighted by Crippen LogP contribution is -2.53. The number of nitrogens with zero attached hydrogens (tertiary/aromatic N) is 1. The fourth-order valence-electron chi connectivity index (χ4n) is 5.74. The first-order valence-corrected chi connectivity index (χ1v) is 15.0. The first-order chi connectivity index (χ1) is 19.8. The van der Waals surface area contributed by atoms with Crippen molar-refractivity contribution in [2.24, 2.45) is 11.8 Å². The molecule has 1 unspecified atom stereocenters. The maximum absolute atomic E-state index is 13.4. The van der Waals surface area contributed by atoms with E-state index in [1.165, 1.54) is 18.6 Å². The molecule has 3 rings (SSSR count). The van der Waals surface area contributed by atoms with E-state index in [0.29, 0.717) is 31.7 Å². The first kappa shape index (κ1) is 32.3. The van der Waals surface area contributed by atoms with Crippen LogP contribution in [0.5, 0.6) is 0 Å². The Morgan fingerprint density at radius 3 is 2.10 bits per heavy atom. The summed E-state index contributed by atoms with van der Waals surface area (Å²) in [6.07, 6.45) is 6.95. The second kappa shape index (κ2) is 16.9. The number of amides is 2. The Morgan fingerprint density at radius 1 is 0.902 bits per heavy atom. The summed E-state index contributed by atoms with van der Waals surface area (Å²) in [5.74, 6) is -0.717. The van der Waals surface area contributed by atoms with Crippen molar-refractivity contribution >= 4 is 17.8 Å². The number of carbonyl (C=O) groups is 3. The molecule has 0 radical (unpaired) electrons. The van der Waals surface area contributed by atoms with E-state index >= 15 is 0 Å². The summed E-state index contributed by atoms with van der Waals surface area (Å²) < 4.78 is 4.95. The summed E-state index contributed by atoms with van der Waals surface area (Å²) >= 11 is 0. The summed E-state index contributed by atoms with van der Waals surface area (Å²) in [6, 6.07) is 17.5. The Bertz CT molecular complexity index is 1070. The number of carbonyl (C=O) groups excluding carboxylic acids is 3.